The summed E-state index contributed by atoms with van der Waals surface area (Å²) in [5.41, 5.74) is 2.60. The maximum absolute atomic E-state index is 12.7. The molecule has 1 amide bonds. The molecule has 0 spiro atoms. The molecule has 176 valence electrons. The molecule has 4 rings (SSSR count). The first-order chi connectivity index (χ1) is 16.7. The lowest BCUT2D eigenvalue weighted by molar-refractivity contribution is 0.0952. The van der Waals surface area contributed by atoms with Crippen LogP contribution in [0.4, 0.5) is 0 Å². The first kappa shape index (κ1) is 23.2. The quantitative estimate of drug-likeness (QED) is 0.311. The predicted molar refractivity (Wildman–Crippen MR) is 132 cm³/mol. The van der Waals surface area contributed by atoms with Gasteiger partial charge in [-0.3, -0.25) is 4.79 Å². The van der Waals surface area contributed by atoms with E-state index in [1.807, 2.05) is 67.8 Å². The molecule has 0 radical (unpaired) electrons. The van der Waals surface area contributed by atoms with Crippen LogP contribution in [0.3, 0.4) is 0 Å². The van der Waals surface area contributed by atoms with E-state index >= 15 is 0 Å². The number of ether oxygens (including phenoxy) is 3. The van der Waals surface area contributed by atoms with Crippen molar-refractivity contribution < 1.29 is 19.0 Å². The van der Waals surface area contributed by atoms with Crippen molar-refractivity contribution in [2.45, 2.75) is 19.9 Å². The topological polar surface area (TPSA) is 74.6 Å². The summed E-state index contributed by atoms with van der Waals surface area (Å²) in [7, 11) is 0. The number of hydrogen-bond donors (Lipinski definition) is 1. The lowest BCUT2D eigenvalue weighted by Crippen LogP contribution is -2.25. The van der Waals surface area contributed by atoms with E-state index in [1.165, 1.54) is 0 Å². The zero-order chi connectivity index (χ0) is 23.6. The van der Waals surface area contributed by atoms with Crippen molar-refractivity contribution in [2.24, 2.45) is 0 Å². The number of hydrogen-bond acceptors (Lipinski definition) is 5. The fraction of sp³-hybridized carbons (Fsp3) is 0.259. The Labute approximate surface area is 199 Å². The van der Waals surface area contributed by atoms with Gasteiger partial charge in [-0.2, -0.15) is 0 Å². The Kier molecular flexibility index (Phi) is 8.00. The molecule has 34 heavy (non-hydrogen) atoms. The van der Waals surface area contributed by atoms with E-state index in [4.69, 9.17) is 14.2 Å². The van der Waals surface area contributed by atoms with Gasteiger partial charge in [0.15, 0.2) is 11.5 Å². The molecular weight excluding hydrogens is 430 g/mol. The van der Waals surface area contributed by atoms with Gasteiger partial charge in [0.25, 0.3) is 5.91 Å². The Morgan fingerprint density at radius 3 is 2.56 bits per heavy atom. The molecule has 0 aliphatic heterocycles. The summed E-state index contributed by atoms with van der Waals surface area (Å²) in [4.78, 5) is 17.1. The molecule has 4 aromatic rings. The first-order valence-corrected chi connectivity index (χ1v) is 11.5. The molecule has 0 fully saturated rings. The van der Waals surface area contributed by atoms with Gasteiger partial charge in [-0.15, -0.1) is 0 Å². The summed E-state index contributed by atoms with van der Waals surface area (Å²) < 4.78 is 19.3. The average Bonchev–Trinajstić information content (AvgIpc) is 3.29. The Morgan fingerprint density at radius 2 is 1.71 bits per heavy atom. The molecule has 7 heteroatoms. The molecule has 7 nitrogen and oxygen atoms in total. The minimum Gasteiger partial charge on any atom is -0.490 e. The van der Waals surface area contributed by atoms with E-state index in [0.29, 0.717) is 43.4 Å². The third-order valence-electron chi connectivity index (χ3n) is 5.25. The summed E-state index contributed by atoms with van der Waals surface area (Å²) in [6.07, 6.45) is 2.64. The zero-order valence-electron chi connectivity index (χ0n) is 19.3. The molecule has 1 heterocycles. The van der Waals surface area contributed by atoms with Gasteiger partial charge in [0.05, 0.1) is 24.0 Å². The fourth-order valence-electron chi connectivity index (χ4n) is 3.61. The van der Waals surface area contributed by atoms with Crippen LogP contribution in [0.1, 0.15) is 23.7 Å². The smallest absolute Gasteiger partial charge is 0.251 e. The number of amides is 1. The van der Waals surface area contributed by atoms with Gasteiger partial charge in [0, 0.05) is 18.7 Å². The third kappa shape index (κ3) is 6.07. The van der Waals surface area contributed by atoms with Crippen molar-refractivity contribution >= 4 is 16.9 Å². The van der Waals surface area contributed by atoms with E-state index in [9.17, 15) is 4.79 Å². The number of carbonyl (C=O) groups is 1. The second-order valence-electron chi connectivity index (χ2n) is 7.64. The number of rotatable bonds is 12. The number of aryl methyl sites for hydroxylation is 1. The Morgan fingerprint density at radius 1 is 0.912 bits per heavy atom. The fourth-order valence-corrected chi connectivity index (χ4v) is 3.61. The zero-order valence-corrected chi connectivity index (χ0v) is 19.3. The van der Waals surface area contributed by atoms with Crippen molar-refractivity contribution in [3.63, 3.8) is 0 Å². The van der Waals surface area contributed by atoms with Gasteiger partial charge in [-0.1, -0.05) is 30.3 Å². The van der Waals surface area contributed by atoms with Gasteiger partial charge in [0.1, 0.15) is 19.0 Å². The van der Waals surface area contributed by atoms with E-state index in [0.717, 1.165) is 29.7 Å². The maximum atomic E-state index is 12.7. The number of benzene rings is 3. The standard InChI is InChI=1S/C27H29N3O4/c1-2-32-26-19-21(13-14-25(26)34-18-17-33-22-9-4-3-5-10-22)27(31)28-15-8-16-30-20-29-23-11-6-7-12-24(23)30/h3-7,9-14,19-20H,2,8,15-18H2,1H3,(H,28,31). The summed E-state index contributed by atoms with van der Waals surface area (Å²) >= 11 is 0. The number of imidazole rings is 1. The van der Waals surface area contributed by atoms with Gasteiger partial charge < -0.3 is 24.1 Å². The Hall–Kier alpha value is -4.00. The Balaban J connectivity index is 1.26. The van der Waals surface area contributed by atoms with Crippen LogP contribution in [0.5, 0.6) is 17.2 Å². The van der Waals surface area contributed by atoms with Crippen LogP contribution < -0.4 is 19.5 Å². The van der Waals surface area contributed by atoms with Crippen LogP contribution in [0.15, 0.2) is 79.1 Å². The van der Waals surface area contributed by atoms with Gasteiger partial charge in [0.2, 0.25) is 0 Å². The highest BCUT2D eigenvalue weighted by Gasteiger charge is 2.12. The molecule has 0 saturated carbocycles. The van der Waals surface area contributed by atoms with Gasteiger partial charge in [-0.25, -0.2) is 4.98 Å². The molecule has 0 saturated heterocycles. The van der Waals surface area contributed by atoms with E-state index in [-0.39, 0.29) is 5.91 Å². The minimum atomic E-state index is -0.143. The van der Waals surface area contributed by atoms with Crippen molar-refractivity contribution in [3.8, 4) is 17.2 Å². The molecule has 0 bridgehead atoms. The summed E-state index contributed by atoms with van der Waals surface area (Å²) in [6.45, 7) is 4.48. The van der Waals surface area contributed by atoms with E-state index in [1.54, 1.807) is 18.2 Å². The molecule has 1 aromatic heterocycles. The summed E-state index contributed by atoms with van der Waals surface area (Å²) in [6, 6.07) is 22.8. The lowest BCUT2D eigenvalue weighted by Gasteiger charge is -2.14. The largest absolute Gasteiger partial charge is 0.490 e. The highest BCUT2D eigenvalue weighted by molar-refractivity contribution is 5.94. The number of fused-ring (bicyclic) bond motifs is 1. The highest BCUT2D eigenvalue weighted by atomic mass is 16.5. The van der Waals surface area contributed by atoms with E-state index in [2.05, 4.69) is 14.9 Å². The Bertz CT molecular complexity index is 1210. The molecule has 3 aromatic carbocycles. The first-order valence-electron chi connectivity index (χ1n) is 11.5. The van der Waals surface area contributed by atoms with Crippen molar-refractivity contribution in [3.05, 3.63) is 84.7 Å². The number of nitrogens with zero attached hydrogens (tertiary/aromatic N) is 2. The highest BCUT2D eigenvalue weighted by Crippen LogP contribution is 2.28. The van der Waals surface area contributed by atoms with Crippen LogP contribution in [-0.2, 0) is 6.54 Å². The third-order valence-corrected chi connectivity index (χ3v) is 5.25. The van der Waals surface area contributed by atoms with Crippen molar-refractivity contribution in [1.82, 2.24) is 14.9 Å². The second kappa shape index (κ2) is 11.7. The average molecular weight is 460 g/mol. The molecule has 0 unspecified atom stereocenters. The van der Waals surface area contributed by atoms with Gasteiger partial charge in [-0.05, 0) is 55.8 Å². The number of carbonyl (C=O) groups excluding carboxylic acids is 1. The van der Waals surface area contributed by atoms with Crippen molar-refractivity contribution in [1.29, 1.82) is 0 Å². The number of aromatic nitrogens is 2. The maximum Gasteiger partial charge on any atom is 0.251 e. The van der Waals surface area contributed by atoms with Crippen LogP contribution in [0.25, 0.3) is 11.0 Å². The summed E-state index contributed by atoms with van der Waals surface area (Å²) in [5, 5.41) is 2.98. The SMILES string of the molecule is CCOc1cc(C(=O)NCCCn2cnc3ccccc32)ccc1OCCOc1ccccc1. The molecule has 0 aliphatic rings. The minimum absolute atomic E-state index is 0.143. The monoisotopic (exact) mass is 459 g/mol. The second-order valence-corrected chi connectivity index (χ2v) is 7.64. The summed E-state index contributed by atoms with van der Waals surface area (Å²) in [5.74, 6) is 1.78. The van der Waals surface area contributed by atoms with Crippen LogP contribution in [-0.4, -0.2) is 41.8 Å². The number of nitrogens with one attached hydrogen (secondary N) is 1. The van der Waals surface area contributed by atoms with Crippen LogP contribution in [0.2, 0.25) is 0 Å². The van der Waals surface area contributed by atoms with Crippen LogP contribution >= 0.6 is 0 Å². The molecular formula is C27H29N3O4. The lowest BCUT2D eigenvalue weighted by atomic mass is 10.2. The van der Waals surface area contributed by atoms with Gasteiger partial charge >= 0.3 is 0 Å². The molecule has 0 aliphatic carbocycles. The van der Waals surface area contributed by atoms with E-state index < -0.39 is 0 Å². The number of para-hydroxylation sites is 3. The molecule has 1 N–H and O–H groups in total. The normalized spacial score (nSPS) is 10.7. The van der Waals surface area contributed by atoms with Crippen LogP contribution in [0, 0.1) is 0 Å². The van der Waals surface area contributed by atoms with Crippen molar-refractivity contribution in [2.75, 3.05) is 26.4 Å². The molecule has 0 atom stereocenters. The predicted octanol–water partition coefficient (Wildman–Crippen LogP) is 4.71.